The molecule has 1 saturated heterocycles. The van der Waals surface area contributed by atoms with Crippen LogP contribution in [0.3, 0.4) is 0 Å². The zero-order valence-electron chi connectivity index (χ0n) is 12.1. The number of fused-ring (bicyclic) bond motifs is 1. The van der Waals surface area contributed by atoms with Gasteiger partial charge in [0.25, 0.3) is 0 Å². The normalized spacial score (nSPS) is 25.6. The molecule has 19 heavy (non-hydrogen) atoms. The summed E-state index contributed by atoms with van der Waals surface area (Å²) in [5, 5.41) is 1.95. The molecule has 4 heteroatoms. The maximum absolute atomic E-state index is 4.68. The van der Waals surface area contributed by atoms with E-state index < -0.39 is 0 Å². The van der Waals surface area contributed by atoms with E-state index in [-0.39, 0.29) is 0 Å². The Labute approximate surface area is 125 Å². The van der Waals surface area contributed by atoms with Crippen molar-refractivity contribution < 1.29 is 0 Å². The van der Waals surface area contributed by atoms with E-state index in [2.05, 4.69) is 47.4 Å². The van der Waals surface area contributed by atoms with Crippen LogP contribution in [0, 0.1) is 6.92 Å². The molecule has 2 aliphatic heterocycles. The van der Waals surface area contributed by atoms with E-state index in [1.165, 1.54) is 15.5 Å². The molecule has 0 N–H and O–H groups in total. The Morgan fingerprint density at radius 3 is 2.47 bits per heavy atom. The van der Waals surface area contributed by atoms with Gasteiger partial charge in [-0.2, -0.15) is 0 Å². The van der Waals surface area contributed by atoms with Crippen molar-refractivity contribution >= 4 is 28.8 Å². The van der Waals surface area contributed by atoms with Crippen LogP contribution in [-0.4, -0.2) is 33.7 Å². The molecule has 2 nitrogen and oxygen atoms in total. The predicted octanol–water partition coefficient (Wildman–Crippen LogP) is 4.25. The van der Waals surface area contributed by atoms with Crippen molar-refractivity contribution in [1.82, 2.24) is 4.31 Å². The number of rotatable bonds is 2. The van der Waals surface area contributed by atoms with Gasteiger partial charge in [0.05, 0.1) is 11.1 Å². The van der Waals surface area contributed by atoms with Gasteiger partial charge < -0.3 is 0 Å². The van der Waals surface area contributed by atoms with Crippen molar-refractivity contribution in [3.63, 3.8) is 0 Å². The van der Waals surface area contributed by atoms with Gasteiger partial charge in [-0.15, -0.1) is 11.8 Å². The molecule has 2 atom stereocenters. The van der Waals surface area contributed by atoms with Crippen LogP contribution in [0.1, 0.15) is 26.3 Å². The summed E-state index contributed by atoms with van der Waals surface area (Å²) in [7, 11) is 0. The smallest absolute Gasteiger partial charge is 0.0780 e. The van der Waals surface area contributed by atoms with Gasteiger partial charge in [-0.1, -0.05) is 31.5 Å². The molecule has 2 heterocycles. The molecular weight excluding hydrogens is 272 g/mol. The second-order valence-electron chi connectivity index (χ2n) is 4.62. The summed E-state index contributed by atoms with van der Waals surface area (Å²) in [5.41, 5.74) is 1.32. The molecule has 0 saturated carbocycles. The maximum Gasteiger partial charge on any atom is 0.0780 e. The summed E-state index contributed by atoms with van der Waals surface area (Å²) in [6.07, 6.45) is 0. The minimum atomic E-state index is 0.526. The fourth-order valence-electron chi connectivity index (χ4n) is 2.27. The largest absolute Gasteiger partial charge is 0.277 e. The molecule has 0 bridgehead atoms. The molecule has 104 valence electrons. The Kier molecular flexibility index (Phi) is 5.37. The lowest BCUT2D eigenvalue weighted by atomic mass is 10.2. The van der Waals surface area contributed by atoms with E-state index in [0.717, 1.165) is 13.1 Å². The molecule has 0 spiro atoms. The highest BCUT2D eigenvalue weighted by Gasteiger charge is 2.37. The summed E-state index contributed by atoms with van der Waals surface area (Å²) in [6.45, 7) is 10.5. The molecular formula is C15H22N2S2. The Morgan fingerprint density at radius 2 is 1.84 bits per heavy atom. The molecule has 2 aliphatic rings. The van der Waals surface area contributed by atoms with Gasteiger partial charge in [-0.05, 0) is 37.9 Å². The third kappa shape index (κ3) is 3.77. The summed E-state index contributed by atoms with van der Waals surface area (Å²) < 4.78 is 2.45. The highest BCUT2D eigenvalue weighted by molar-refractivity contribution is 8.14. The van der Waals surface area contributed by atoms with Crippen molar-refractivity contribution in [1.29, 1.82) is 0 Å². The minimum absolute atomic E-state index is 0.526. The van der Waals surface area contributed by atoms with Gasteiger partial charge >= 0.3 is 0 Å². The fraction of sp³-hybridized carbons (Fsp3) is 0.533. The molecule has 2 unspecified atom stereocenters. The molecule has 0 amide bonds. The van der Waals surface area contributed by atoms with E-state index >= 15 is 0 Å². The van der Waals surface area contributed by atoms with Crippen molar-refractivity contribution in [3.8, 4) is 0 Å². The summed E-state index contributed by atoms with van der Waals surface area (Å²) in [6, 6.07) is 9.29. The van der Waals surface area contributed by atoms with E-state index in [9.17, 15) is 0 Å². The van der Waals surface area contributed by atoms with Crippen LogP contribution < -0.4 is 0 Å². The minimum Gasteiger partial charge on any atom is -0.277 e. The Hall–Kier alpha value is -0.450. The van der Waals surface area contributed by atoms with E-state index in [1.54, 1.807) is 0 Å². The van der Waals surface area contributed by atoms with Crippen LogP contribution in [0.2, 0.25) is 0 Å². The Morgan fingerprint density at radius 1 is 1.16 bits per heavy atom. The quantitative estimate of drug-likeness (QED) is 0.758. The lowest BCUT2D eigenvalue weighted by Gasteiger charge is -2.14. The predicted molar refractivity (Wildman–Crippen MR) is 88.2 cm³/mol. The standard InChI is InChI=1S/C13H16N2S2.C2H6/c1-9-3-5-11(6-4-9)17-15-7-12-13(8-15)16-10(2)14-12;1-2/h3-6,12-13H,7-8H2,1-2H3;1-2H3. The molecule has 0 radical (unpaired) electrons. The number of hydrogen-bond acceptors (Lipinski definition) is 4. The molecule has 1 aromatic rings. The zero-order chi connectivity index (χ0) is 13.8. The van der Waals surface area contributed by atoms with Crippen molar-refractivity contribution in [2.24, 2.45) is 4.99 Å². The second-order valence-corrected chi connectivity index (χ2v) is 7.23. The second kappa shape index (κ2) is 6.82. The molecule has 0 aliphatic carbocycles. The lowest BCUT2D eigenvalue weighted by molar-refractivity contribution is 0.573. The number of aryl methyl sites for hydroxylation is 1. The number of nitrogens with zero attached hydrogens (tertiary/aromatic N) is 2. The van der Waals surface area contributed by atoms with Gasteiger partial charge in [0.15, 0.2) is 0 Å². The molecule has 1 aromatic carbocycles. The third-order valence-corrected chi connectivity index (χ3v) is 5.38. The Bertz CT molecular complexity index is 442. The number of aliphatic imine (C=N–C) groups is 1. The lowest BCUT2D eigenvalue weighted by Crippen LogP contribution is -2.13. The van der Waals surface area contributed by atoms with E-state index in [0.29, 0.717) is 11.3 Å². The van der Waals surface area contributed by atoms with Gasteiger partial charge in [-0.3, -0.25) is 4.99 Å². The van der Waals surface area contributed by atoms with E-state index in [1.807, 2.05) is 37.6 Å². The van der Waals surface area contributed by atoms with Crippen molar-refractivity contribution in [2.45, 2.75) is 43.9 Å². The van der Waals surface area contributed by atoms with Crippen LogP contribution in [0.25, 0.3) is 0 Å². The fourth-order valence-corrected chi connectivity index (χ4v) is 4.57. The maximum atomic E-state index is 4.68. The highest BCUT2D eigenvalue weighted by atomic mass is 32.2. The topological polar surface area (TPSA) is 15.6 Å². The van der Waals surface area contributed by atoms with Gasteiger partial charge in [0.1, 0.15) is 0 Å². The average molecular weight is 294 g/mol. The monoisotopic (exact) mass is 294 g/mol. The summed E-state index contributed by atoms with van der Waals surface area (Å²) >= 11 is 3.82. The van der Waals surface area contributed by atoms with Crippen LogP contribution in [0.5, 0.6) is 0 Å². The molecule has 0 aromatic heterocycles. The molecule has 3 rings (SSSR count). The third-order valence-electron chi connectivity index (χ3n) is 3.13. The van der Waals surface area contributed by atoms with Crippen molar-refractivity contribution in [3.05, 3.63) is 29.8 Å². The van der Waals surface area contributed by atoms with Gasteiger partial charge in [0, 0.05) is 23.2 Å². The van der Waals surface area contributed by atoms with Crippen LogP contribution in [0.15, 0.2) is 34.2 Å². The SMILES string of the molecule is CC.CC1=NC2CN(Sc3ccc(C)cc3)CC2S1. The first-order chi connectivity index (χ1) is 9.20. The number of hydrogen-bond donors (Lipinski definition) is 0. The number of thioether (sulfide) groups is 1. The summed E-state index contributed by atoms with van der Waals surface area (Å²) in [5.74, 6) is 0. The highest BCUT2D eigenvalue weighted by Crippen LogP contribution is 2.37. The number of benzene rings is 1. The van der Waals surface area contributed by atoms with Crippen molar-refractivity contribution in [2.75, 3.05) is 13.1 Å². The first-order valence-corrected chi connectivity index (χ1v) is 8.57. The first kappa shape index (κ1) is 14.9. The van der Waals surface area contributed by atoms with Gasteiger partial charge in [-0.25, -0.2) is 4.31 Å². The van der Waals surface area contributed by atoms with Gasteiger partial charge in [0.2, 0.25) is 0 Å². The summed E-state index contributed by atoms with van der Waals surface area (Å²) in [4.78, 5) is 6.02. The Balaban J connectivity index is 0.000000637. The van der Waals surface area contributed by atoms with Crippen LogP contribution in [-0.2, 0) is 0 Å². The van der Waals surface area contributed by atoms with Crippen LogP contribution in [0.4, 0.5) is 0 Å². The molecule has 1 fully saturated rings. The van der Waals surface area contributed by atoms with Crippen LogP contribution >= 0.6 is 23.7 Å². The first-order valence-electron chi connectivity index (χ1n) is 6.91. The zero-order valence-corrected chi connectivity index (χ0v) is 13.7. The average Bonchev–Trinajstić information content (AvgIpc) is 2.91. The van der Waals surface area contributed by atoms with E-state index in [4.69, 9.17) is 0 Å².